The number of halogens is 2. The van der Waals surface area contributed by atoms with Crippen molar-refractivity contribution in [2.45, 2.75) is 32.9 Å². The van der Waals surface area contributed by atoms with Crippen LogP contribution in [0.4, 0.5) is 8.78 Å². The molecule has 1 N–H and O–H groups in total. The third kappa shape index (κ3) is 4.59. The second-order valence-corrected chi connectivity index (χ2v) is 4.80. The van der Waals surface area contributed by atoms with Crippen LogP contribution in [0, 0.1) is 17.6 Å². The van der Waals surface area contributed by atoms with Gasteiger partial charge in [0.25, 0.3) is 0 Å². The Bertz CT molecular complexity index is 435. The highest BCUT2D eigenvalue weighted by molar-refractivity contribution is 5.75. The van der Waals surface area contributed by atoms with Gasteiger partial charge in [-0.1, -0.05) is 26.0 Å². The van der Waals surface area contributed by atoms with E-state index in [4.69, 9.17) is 0 Å². The quantitative estimate of drug-likeness (QED) is 0.808. The maximum Gasteiger partial charge on any atom is 0.322 e. The molecule has 0 saturated heterocycles. The van der Waals surface area contributed by atoms with Crippen molar-refractivity contribution in [3.05, 3.63) is 35.4 Å². The summed E-state index contributed by atoms with van der Waals surface area (Å²) in [4.78, 5) is 11.6. The van der Waals surface area contributed by atoms with E-state index in [9.17, 15) is 13.6 Å². The van der Waals surface area contributed by atoms with Crippen LogP contribution in [0.2, 0.25) is 0 Å². The Hall–Kier alpha value is -1.49. The highest BCUT2D eigenvalue weighted by Crippen LogP contribution is 2.12. The van der Waals surface area contributed by atoms with E-state index >= 15 is 0 Å². The molecular formula is C14H19F2NO2. The number of hydrogen-bond donors (Lipinski definition) is 1. The summed E-state index contributed by atoms with van der Waals surface area (Å²) in [7, 11) is 1.31. The zero-order valence-corrected chi connectivity index (χ0v) is 11.4. The molecule has 0 radical (unpaired) electrons. The summed E-state index contributed by atoms with van der Waals surface area (Å²) < 4.78 is 31.2. The molecule has 0 aliphatic carbocycles. The Morgan fingerprint density at radius 3 is 2.63 bits per heavy atom. The molecule has 0 aliphatic rings. The first-order chi connectivity index (χ1) is 8.95. The van der Waals surface area contributed by atoms with Gasteiger partial charge in [-0.05, 0) is 18.4 Å². The average Bonchev–Trinajstić information content (AvgIpc) is 2.37. The minimum atomic E-state index is -0.891. The number of ether oxygens (including phenoxy) is 1. The lowest BCUT2D eigenvalue weighted by Gasteiger charge is -2.18. The number of benzene rings is 1. The fourth-order valence-electron chi connectivity index (χ4n) is 1.79. The molecule has 1 unspecified atom stereocenters. The number of methoxy groups -OCH3 is 1. The molecule has 19 heavy (non-hydrogen) atoms. The summed E-state index contributed by atoms with van der Waals surface area (Å²) in [5.74, 6) is -1.89. The molecule has 0 spiro atoms. The summed E-state index contributed by atoms with van der Waals surface area (Å²) in [5.41, 5.74) is 0.192. The topological polar surface area (TPSA) is 38.3 Å². The van der Waals surface area contributed by atoms with E-state index in [0.717, 1.165) is 6.07 Å². The number of esters is 1. The molecule has 106 valence electrons. The van der Waals surface area contributed by atoms with Crippen LogP contribution >= 0.6 is 0 Å². The molecule has 0 heterocycles. The van der Waals surface area contributed by atoms with Crippen LogP contribution in [0.25, 0.3) is 0 Å². The fourth-order valence-corrected chi connectivity index (χ4v) is 1.79. The predicted molar refractivity (Wildman–Crippen MR) is 68.5 cm³/mol. The van der Waals surface area contributed by atoms with Gasteiger partial charge in [-0.15, -0.1) is 0 Å². The standard InChI is InChI=1S/C14H19F2NO2/c1-9(2)7-12(14(18)19-3)17-8-10-5-4-6-11(15)13(10)16/h4-6,9,12,17H,7-8H2,1-3H3. The Kier molecular flexibility index (Phi) is 5.89. The van der Waals surface area contributed by atoms with Gasteiger partial charge in [-0.2, -0.15) is 0 Å². The molecule has 0 aromatic heterocycles. The van der Waals surface area contributed by atoms with Gasteiger partial charge in [0.2, 0.25) is 0 Å². The Morgan fingerprint density at radius 1 is 1.37 bits per heavy atom. The van der Waals surface area contributed by atoms with E-state index in [-0.39, 0.29) is 18.0 Å². The first-order valence-corrected chi connectivity index (χ1v) is 6.19. The first-order valence-electron chi connectivity index (χ1n) is 6.19. The molecule has 5 heteroatoms. The van der Waals surface area contributed by atoms with Crippen molar-refractivity contribution < 1.29 is 18.3 Å². The number of hydrogen-bond acceptors (Lipinski definition) is 3. The zero-order valence-electron chi connectivity index (χ0n) is 11.4. The summed E-state index contributed by atoms with van der Waals surface area (Å²) in [6.07, 6.45) is 0.573. The summed E-state index contributed by atoms with van der Waals surface area (Å²) in [6, 6.07) is 3.46. The second-order valence-electron chi connectivity index (χ2n) is 4.80. The molecule has 0 amide bonds. The Morgan fingerprint density at radius 2 is 2.05 bits per heavy atom. The van der Waals surface area contributed by atoms with Crippen molar-refractivity contribution in [1.82, 2.24) is 5.32 Å². The van der Waals surface area contributed by atoms with Gasteiger partial charge in [0.15, 0.2) is 11.6 Å². The monoisotopic (exact) mass is 271 g/mol. The van der Waals surface area contributed by atoms with Crippen LogP contribution in [0.1, 0.15) is 25.8 Å². The van der Waals surface area contributed by atoms with Crippen molar-refractivity contribution in [1.29, 1.82) is 0 Å². The normalized spacial score (nSPS) is 12.5. The molecule has 1 aromatic rings. The van der Waals surface area contributed by atoms with E-state index in [1.54, 1.807) is 0 Å². The molecular weight excluding hydrogens is 252 g/mol. The van der Waals surface area contributed by atoms with Crippen LogP contribution in [0.15, 0.2) is 18.2 Å². The lowest BCUT2D eigenvalue weighted by molar-refractivity contribution is -0.143. The number of carbonyl (C=O) groups is 1. The molecule has 3 nitrogen and oxygen atoms in total. The molecule has 0 aliphatic heterocycles. The smallest absolute Gasteiger partial charge is 0.322 e. The summed E-state index contributed by atoms with van der Waals surface area (Å²) >= 11 is 0. The third-order valence-electron chi connectivity index (χ3n) is 2.76. The lowest BCUT2D eigenvalue weighted by atomic mass is 10.0. The first kappa shape index (κ1) is 15.6. The SMILES string of the molecule is COC(=O)C(CC(C)C)NCc1cccc(F)c1F. The van der Waals surface area contributed by atoms with Crippen molar-refractivity contribution in [3.63, 3.8) is 0 Å². The minimum Gasteiger partial charge on any atom is -0.468 e. The van der Waals surface area contributed by atoms with Gasteiger partial charge in [-0.3, -0.25) is 4.79 Å². The van der Waals surface area contributed by atoms with Gasteiger partial charge in [-0.25, -0.2) is 8.78 Å². The van der Waals surface area contributed by atoms with Crippen molar-refractivity contribution in [2.24, 2.45) is 5.92 Å². The molecule has 0 bridgehead atoms. The Labute approximate surface area is 112 Å². The number of rotatable bonds is 6. The van der Waals surface area contributed by atoms with E-state index in [0.29, 0.717) is 6.42 Å². The zero-order chi connectivity index (χ0) is 14.4. The fraction of sp³-hybridized carbons (Fsp3) is 0.500. The lowest BCUT2D eigenvalue weighted by Crippen LogP contribution is -2.38. The molecule has 1 rings (SSSR count). The highest BCUT2D eigenvalue weighted by Gasteiger charge is 2.20. The van der Waals surface area contributed by atoms with Gasteiger partial charge >= 0.3 is 5.97 Å². The number of carbonyl (C=O) groups excluding carboxylic acids is 1. The predicted octanol–water partition coefficient (Wildman–Crippen LogP) is 2.64. The van der Waals surface area contributed by atoms with E-state index in [2.05, 4.69) is 10.1 Å². The second kappa shape index (κ2) is 7.19. The van der Waals surface area contributed by atoms with Crippen LogP contribution in [-0.2, 0) is 16.1 Å². The van der Waals surface area contributed by atoms with Gasteiger partial charge < -0.3 is 10.1 Å². The summed E-state index contributed by atoms with van der Waals surface area (Å²) in [5, 5.41) is 2.90. The van der Waals surface area contributed by atoms with Crippen molar-refractivity contribution >= 4 is 5.97 Å². The van der Waals surface area contributed by atoms with Gasteiger partial charge in [0, 0.05) is 12.1 Å². The molecule has 1 atom stereocenters. The van der Waals surface area contributed by atoms with Crippen LogP contribution in [0.5, 0.6) is 0 Å². The van der Waals surface area contributed by atoms with Gasteiger partial charge in [0.1, 0.15) is 6.04 Å². The van der Waals surface area contributed by atoms with E-state index in [1.165, 1.54) is 19.2 Å². The maximum absolute atomic E-state index is 13.5. The largest absolute Gasteiger partial charge is 0.468 e. The van der Waals surface area contributed by atoms with E-state index in [1.807, 2.05) is 13.8 Å². The number of nitrogens with one attached hydrogen (secondary N) is 1. The average molecular weight is 271 g/mol. The molecule has 0 fully saturated rings. The third-order valence-corrected chi connectivity index (χ3v) is 2.76. The van der Waals surface area contributed by atoms with Crippen LogP contribution in [0.3, 0.4) is 0 Å². The van der Waals surface area contributed by atoms with Crippen LogP contribution < -0.4 is 5.32 Å². The maximum atomic E-state index is 13.5. The minimum absolute atomic E-state index is 0.0794. The molecule has 0 saturated carbocycles. The van der Waals surface area contributed by atoms with E-state index < -0.39 is 23.6 Å². The Balaban J connectivity index is 2.70. The van der Waals surface area contributed by atoms with Crippen molar-refractivity contribution in [3.8, 4) is 0 Å². The van der Waals surface area contributed by atoms with Gasteiger partial charge in [0.05, 0.1) is 7.11 Å². The van der Waals surface area contributed by atoms with Crippen LogP contribution in [-0.4, -0.2) is 19.1 Å². The highest BCUT2D eigenvalue weighted by atomic mass is 19.2. The molecule has 1 aromatic carbocycles. The summed E-state index contributed by atoms with van der Waals surface area (Å²) in [6.45, 7) is 4.02. The van der Waals surface area contributed by atoms with Crippen molar-refractivity contribution in [2.75, 3.05) is 7.11 Å².